The minimum Gasteiger partial charge on any atom is -0.284 e. The Kier molecular flexibility index (Phi) is 2.28. The molecule has 2 nitrogen and oxygen atoms in total. The van der Waals surface area contributed by atoms with Gasteiger partial charge in [0.1, 0.15) is 3.70 Å². The van der Waals surface area contributed by atoms with Crippen LogP contribution in [0.1, 0.15) is 5.69 Å². The highest BCUT2D eigenvalue weighted by Gasteiger charge is 2.06. The van der Waals surface area contributed by atoms with E-state index in [0.717, 1.165) is 3.70 Å². The molecule has 2 rings (SSSR count). The molecule has 0 aliphatic carbocycles. The van der Waals surface area contributed by atoms with Gasteiger partial charge in [0.2, 0.25) is 0 Å². The van der Waals surface area contributed by atoms with E-state index in [9.17, 15) is 0 Å². The molecule has 0 saturated heterocycles. The molecule has 2 heterocycles. The number of aromatic nitrogens is 2. The summed E-state index contributed by atoms with van der Waals surface area (Å²) >= 11 is 4.56. The lowest BCUT2D eigenvalue weighted by Crippen LogP contribution is -1.86. The van der Waals surface area contributed by atoms with Crippen molar-refractivity contribution in [1.82, 2.24) is 7.76 Å². The summed E-state index contributed by atoms with van der Waals surface area (Å²) < 4.78 is 3.20. The predicted molar refractivity (Wildman–Crippen MR) is 66.6 cm³/mol. The van der Waals surface area contributed by atoms with Gasteiger partial charge >= 0.3 is 0 Å². The van der Waals surface area contributed by atoms with Crippen molar-refractivity contribution in [1.29, 1.82) is 0 Å². The Labute approximate surface area is 98.0 Å². The fourth-order valence-corrected chi connectivity index (χ4v) is 3.03. The van der Waals surface area contributed by atoms with Gasteiger partial charge in [0.15, 0.2) is 0 Å². The molecule has 0 N–H and O–H groups in total. The van der Waals surface area contributed by atoms with Gasteiger partial charge < -0.3 is 0 Å². The van der Waals surface area contributed by atoms with E-state index in [4.69, 9.17) is 0 Å². The normalized spacial score (nSPS) is 10.9. The number of hydrogen-bond donors (Lipinski definition) is 0. The molecule has 62 valence electrons. The minimum atomic E-state index is 1.06. The fraction of sp³-hybridized carbons (Fsp3) is 0.125. The van der Waals surface area contributed by atoms with E-state index in [0.29, 0.717) is 0 Å². The first kappa shape index (κ1) is 8.74. The van der Waals surface area contributed by atoms with Gasteiger partial charge in [0.05, 0.1) is 28.4 Å². The number of hydrogen-bond acceptors (Lipinski definition) is 1. The van der Waals surface area contributed by atoms with E-state index >= 15 is 0 Å². The number of aryl methyl sites for hydroxylation is 1. The first-order chi connectivity index (χ1) is 5.70. The highest BCUT2D eigenvalue weighted by molar-refractivity contribution is 14.1. The van der Waals surface area contributed by atoms with E-state index in [1.165, 1.54) is 16.6 Å². The third kappa shape index (κ3) is 1.24. The summed E-state index contributed by atoms with van der Waals surface area (Å²) in [6.45, 7) is 2.10. The van der Waals surface area contributed by atoms with Crippen LogP contribution in [0.15, 0.2) is 18.3 Å². The van der Waals surface area contributed by atoms with Gasteiger partial charge in [-0.3, -0.25) is 2.78 Å². The van der Waals surface area contributed by atoms with E-state index in [1.807, 2.05) is 12.3 Å². The van der Waals surface area contributed by atoms with Crippen molar-refractivity contribution in [3.05, 3.63) is 27.7 Å². The Morgan fingerprint density at radius 2 is 2.25 bits per heavy atom. The average molecular weight is 384 g/mol. The van der Waals surface area contributed by atoms with Crippen molar-refractivity contribution >= 4 is 56.4 Å². The molecule has 0 spiro atoms. The van der Waals surface area contributed by atoms with Gasteiger partial charge in [-0.25, -0.2) is 4.98 Å². The third-order valence-corrected chi connectivity index (χ3v) is 3.81. The molecule has 2 aromatic rings. The molecule has 0 amide bonds. The van der Waals surface area contributed by atoms with Gasteiger partial charge in [0, 0.05) is 17.3 Å². The molecule has 0 atom stereocenters. The first-order valence-corrected chi connectivity index (χ1v) is 5.53. The van der Waals surface area contributed by atoms with Crippen LogP contribution >= 0.6 is 45.5 Å². The molecular formula is C8H6I2N2. The topological polar surface area (TPSA) is 17.8 Å². The molecule has 0 aromatic carbocycles. The molecule has 0 bridgehead atoms. The summed E-state index contributed by atoms with van der Waals surface area (Å²) in [5.74, 6) is 0. The second-order valence-electron chi connectivity index (χ2n) is 2.61. The molecule has 12 heavy (non-hydrogen) atoms. The van der Waals surface area contributed by atoms with Gasteiger partial charge in [-0.05, 0) is 41.6 Å². The van der Waals surface area contributed by atoms with Crippen molar-refractivity contribution < 1.29 is 0 Å². The molecular weight excluding hydrogens is 378 g/mol. The highest BCUT2D eigenvalue weighted by atomic mass is 127. The zero-order valence-corrected chi connectivity index (χ0v) is 10.7. The van der Waals surface area contributed by atoms with Crippen LogP contribution in [0, 0.1) is 10.6 Å². The van der Waals surface area contributed by atoms with Gasteiger partial charge in [-0.1, -0.05) is 0 Å². The van der Waals surface area contributed by atoms with E-state index in [2.05, 4.69) is 66.2 Å². The Bertz CT molecular complexity index is 434. The van der Waals surface area contributed by atoms with Crippen LogP contribution in [-0.4, -0.2) is 7.76 Å². The SMILES string of the molecule is Cc1cc2ccnc(I)c2n1I. The molecule has 2 aromatic heterocycles. The number of nitrogens with zero attached hydrogens (tertiary/aromatic N) is 2. The van der Waals surface area contributed by atoms with Crippen LogP contribution in [0.25, 0.3) is 10.9 Å². The first-order valence-electron chi connectivity index (χ1n) is 3.49. The summed E-state index contributed by atoms with van der Waals surface area (Å²) in [6, 6.07) is 4.21. The second kappa shape index (κ2) is 3.13. The Balaban J connectivity index is 2.97. The zero-order chi connectivity index (χ0) is 8.72. The summed E-state index contributed by atoms with van der Waals surface area (Å²) in [4.78, 5) is 4.24. The summed E-state index contributed by atoms with van der Waals surface area (Å²) in [7, 11) is 0. The van der Waals surface area contributed by atoms with Crippen LogP contribution < -0.4 is 0 Å². The average Bonchev–Trinajstić information content (AvgIpc) is 2.29. The minimum absolute atomic E-state index is 1.06. The zero-order valence-electron chi connectivity index (χ0n) is 6.38. The van der Waals surface area contributed by atoms with Crippen LogP contribution in [-0.2, 0) is 0 Å². The maximum absolute atomic E-state index is 4.24. The number of fused-ring (bicyclic) bond motifs is 1. The van der Waals surface area contributed by atoms with Crippen molar-refractivity contribution in [2.45, 2.75) is 6.92 Å². The van der Waals surface area contributed by atoms with Crippen molar-refractivity contribution in [3.8, 4) is 0 Å². The maximum atomic E-state index is 4.24. The molecule has 4 heteroatoms. The maximum Gasteiger partial charge on any atom is 0.126 e. The van der Waals surface area contributed by atoms with E-state index in [-0.39, 0.29) is 0 Å². The quantitative estimate of drug-likeness (QED) is 0.504. The van der Waals surface area contributed by atoms with Crippen LogP contribution in [0.2, 0.25) is 0 Å². The van der Waals surface area contributed by atoms with Crippen molar-refractivity contribution in [3.63, 3.8) is 0 Å². The smallest absolute Gasteiger partial charge is 0.126 e. The molecule has 0 aliphatic rings. The van der Waals surface area contributed by atoms with Gasteiger partial charge in [-0.2, -0.15) is 0 Å². The van der Waals surface area contributed by atoms with Gasteiger partial charge in [0.25, 0.3) is 0 Å². The predicted octanol–water partition coefficient (Wildman–Crippen LogP) is 3.15. The molecule has 0 radical (unpaired) electrons. The number of halogens is 2. The van der Waals surface area contributed by atoms with Crippen LogP contribution in [0.3, 0.4) is 0 Å². The van der Waals surface area contributed by atoms with Crippen molar-refractivity contribution in [2.24, 2.45) is 0 Å². The number of pyridine rings is 1. The van der Waals surface area contributed by atoms with E-state index < -0.39 is 0 Å². The number of rotatable bonds is 0. The monoisotopic (exact) mass is 384 g/mol. The molecule has 0 unspecified atom stereocenters. The summed E-state index contributed by atoms with van der Waals surface area (Å²) in [5, 5.41) is 1.27. The van der Waals surface area contributed by atoms with Crippen LogP contribution in [0.4, 0.5) is 0 Å². The lowest BCUT2D eigenvalue weighted by molar-refractivity contribution is 1.23. The van der Waals surface area contributed by atoms with Crippen molar-refractivity contribution in [2.75, 3.05) is 0 Å². The standard InChI is InChI=1S/C8H6I2N2/c1-5-4-6-2-3-11-8(9)7(6)12(5)10/h2-4H,1H3. The van der Waals surface area contributed by atoms with Crippen LogP contribution in [0.5, 0.6) is 0 Å². The molecule has 0 fully saturated rings. The fourth-order valence-electron chi connectivity index (χ4n) is 1.21. The Hall–Kier alpha value is 0.150. The Morgan fingerprint density at radius 3 is 2.92 bits per heavy atom. The molecule has 0 aliphatic heterocycles. The van der Waals surface area contributed by atoms with Gasteiger partial charge in [-0.15, -0.1) is 0 Å². The third-order valence-electron chi connectivity index (χ3n) is 1.78. The lowest BCUT2D eigenvalue weighted by atomic mass is 10.3. The Morgan fingerprint density at radius 1 is 1.50 bits per heavy atom. The summed E-state index contributed by atoms with van der Waals surface area (Å²) in [6.07, 6.45) is 1.85. The summed E-state index contributed by atoms with van der Waals surface area (Å²) in [5.41, 5.74) is 2.48. The molecule has 0 saturated carbocycles. The highest BCUT2D eigenvalue weighted by Crippen LogP contribution is 2.24. The second-order valence-corrected chi connectivity index (χ2v) is 4.59. The largest absolute Gasteiger partial charge is 0.284 e. The van der Waals surface area contributed by atoms with E-state index in [1.54, 1.807) is 0 Å². The lowest BCUT2D eigenvalue weighted by Gasteiger charge is -1.96.